The van der Waals surface area contributed by atoms with Gasteiger partial charge in [0.1, 0.15) is 6.10 Å². The van der Waals surface area contributed by atoms with Crippen LogP contribution >= 0.6 is 0 Å². The van der Waals surface area contributed by atoms with E-state index in [0.29, 0.717) is 18.7 Å². The predicted molar refractivity (Wildman–Crippen MR) is 74.4 cm³/mol. The van der Waals surface area contributed by atoms with E-state index in [1.165, 1.54) is 12.2 Å². The van der Waals surface area contributed by atoms with Gasteiger partial charge in [0.15, 0.2) is 0 Å². The van der Waals surface area contributed by atoms with E-state index in [1.807, 2.05) is 25.8 Å². The Morgan fingerprint density at radius 2 is 2.11 bits per heavy atom. The van der Waals surface area contributed by atoms with Crippen molar-refractivity contribution in [1.29, 1.82) is 0 Å². The quantitative estimate of drug-likeness (QED) is 0.712. The van der Waals surface area contributed by atoms with Crippen LogP contribution in [0.1, 0.15) is 13.8 Å². The molecule has 1 unspecified atom stereocenters. The van der Waals surface area contributed by atoms with Crippen molar-refractivity contribution < 1.29 is 13.5 Å². The van der Waals surface area contributed by atoms with Crippen molar-refractivity contribution in [2.24, 2.45) is 5.92 Å². The van der Waals surface area contributed by atoms with Gasteiger partial charge < -0.3 is 9.64 Å². The smallest absolute Gasteiger partial charge is 0.300 e. The van der Waals surface area contributed by atoms with Crippen LogP contribution in [0.2, 0.25) is 0 Å². The highest BCUT2D eigenvalue weighted by molar-refractivity contribution is 5.34. The Balaban J connectivity index is 2.94. The summed E-state index contributed by atoms with van der Waals surface area (Å²) in [6.07, 6.45) is 1.50. The molecule has 2 nitrogen and oxygen atoms in total. The molecule has 0 spiro atoms. The van der Waals surface area contributed by atoms with Gasteiger partial charge in [-0.15, -0.1) is 0 Å². The third-order valence-corrected chi connectivity index (χ3v) is 3.36. The molecule has 1 heterocycles. The van der Waals surface area contributed by atoms with Gasteiger partial charge in [0, 0.05) is 18.7 Å². The first-order valence-electron chi connectivity index (χ1n) is 6.50. The lowest BCUT2D eigenvalue weighted by Gasteiger charge is -2.35. The van der Waals surface area contributed by atoms with E-state index in [9.17, 15) is 8.78 Å². The average Bonchev–Trinajstić information content (AvgIpc) is 2.35. The number of rotatable bonds is 5. The molecular formula is C15H23F2NO. The van der Waals surface area contributed by atoms with Crippen LogP contribution in [-0.2, 0) is 4.74 Å². The lowest BCUT2D eigenvalue weighted by molar-refractivity contribution is -0.141. The van der Waals surface area contributed by atoms with Crippen LogP contribution < -0.4 is 0 Å². The van der Waals surface area contributed by atoms with E-state index in [4.69, 9.17) is 4.74 Å². The molecule has 0 aromatic heterocycles. The van der Waals surface area contributed by atoms with Crippen LogP contribution in [0.25, 0.3) is 0 Å². The second-order valence-corrected chi connectivity index (χ2v) is 5.28. The molecule has 0 N–H and O–H groups in total. The van der Waals surface area contributed by atoms with E-state index in [1.54, 1.807) is 0 Å². The first-order chi connectivity index (χ1) is 8.78. The topological polar surface area (TPSA) is 12.5 Å². The van der Waals surface area contributed by atoms with E-state index < -0.39 is 12.0 Å². The molecule has 0 bridgehead atoms. The third-order valence-electron chi connectivity index (χ3n) is 3.36. The Bertz CT molecular complexity index is 374. The molecule has 0 amide bonds. The number of hydrogen-bond acceptors (Lipinski definition) is 2. The Kier molecular flexibility index (Phi) is 5.44. The van der Waals surface area contributed by atoms with Gasteiger partial charge in [-0.25, -0.2) is 0 Å². The number of alkyl halides is 2. The SMILES string of the molecule is C=C/C(=C\C(=C)C(C)C)C(F)(F)C1CN(C)CCO1. The van der Waals surface area contributed by atoms with E-state index in [0.717, 1.165) is 0 Å². The summed E-state index contributed by atoms with van der Waals surface area (Å²) in [5, 5.41) is 0. The van der Waals surface area contributed by atoms with Gasteiger partial charge in [0.2, 0.25) is 0 Å². The summed E-state index contributed by atoms with van der Waals surface area (Å²) in [7, 11) is 1.82. The van der Waals surface area contributed by atoms with Crippen molar-refractivity contribution in [2.75, 3.05) is 26.7 Å². The summed E-state index contributed by atoms with van der Waals surface area (Å²) >= 11 is 0. The minimum atomic E-state index is -3.05. The molecule has 1 aliphatic heterocycles. The van der Waals surface area contributed by atoms with E-state index in [-0.39, 0.29) is 18.0 Å². The third kappa shape index (κ3) is 3.98. The van der Waals surface area contributed by atoms with Gasteiger partial charge in [-0.1, -0.05) is 44.7 Å². The normalized spacial score (nSPS) is 22.6. The van der Waals surface area contributed by atoms with E-state index in [2.05, 4.69) is 13.2 Å². The monoisotopic (exact) mass is 271 g/mol. The second-order valence-electron chi connectivity index (χ2n) is 5.28. The molecule has 0 radical (unpaired) electrons. The lowest BCUT2D eigenvalue weighted by atomic mass is 9.96. The largest absolute Gasteiger partial charge is 0.369 e. The van der Waals surface area contributed by atoms with Crippen molar-refractivity contribution in [2.45, 2.75) is 25.9 Å². The van der Waals surface area contributed by atoms with Crippen LogP contribution in [0, 0.1) is 5.92 Å². The number of ether oxygens (including phenoxy) is 1. The molecule has 1 aliphatic rings. The summed E-state index contributed by atoms with van der Waals surface area (Å²) in [6, 6.07) is 0. The molecule has 0 aromatic carbocycles. The van der Waals surface area contributed by atoms with Gasteiger partial charge in [0.05, 0.1) is 6.61 Å². The molecule has 0 aromatic rings. The number of allylic oxidation sites excluding steroid dienone is 3. The molecule has 1 fully saturated rings. The fourth-order valence-electron chi connectivity index (χ4n) is 1.84. The highest BCUT2D eigenvalue weighted by Gasteiger charge is 2.44. The maximum absolute atomic E-state index is 14.4. The van der Waals surface area contributed by atoms with Crippen LogP contribution in [0.4, 0.5) is 8.78 Å². The minimum Gasteiger partial charge on any atom is -0.369 e. The Labute approximate surface area is 114 Å². The summed E-state index contributed by atoms with van der Waals surface area (Å²) in [6.45, 7) is 12.4. The van der Waals surface area contributed by atoms with Gasteiger partial charge in [-0.05, 0) is 13.0 Å². The minimum absolute atomic E-state index is 0.119. The molecule has 108 valence electrons. The fraction of sp³-hybridized carbons (Fsp3) is 0.600. The second kappa shape index (κ2) is 6.44. The molecule has 19 heavy (non-hydrogen) atoms. The molecule has 4 heteroatoms. The van der Waals surface area contributed by atoms with Crippen molar-refractivity contribution in [3.05, 3.63) is 36.5 Å². The van der Waals surface area contributed by atoms with Crippen LogP contribution in [0.5, 0.6) is 0 Å². The number of nitrogens with zero attached hydrogens (tertiary/aromatic N) is 1. The zero-order valence-corrected chi connectivity index (χ0v) is 12.0. The Hall–Kier alpha value is -1.00. The maximum atomic E-state index is 14.4. The van der Waals surface area contributed by atoms with Gasteiger partial charge >= 0.3 is 0 Å². The summed E-state index contributed by atoms with van der Waals surface area (Å²) in [5.74, 6) is -2.92. The molecule has 0 aliphatic carbocycles. The first-order valence-corrected chi connectivity index (χ1v) is 6.50. The first kappa shape index (κ1) is 16.1. The van der Waals surface area contributed by atoms with Gasteiger partial charge in [0.25, 0.3) is 5.92 Å². The fourth-order valence-corrected chi connectivity index (χ4v) is 1.84. The zero-order chi connectivity index (χ0) is 14.6. The van der Waals surface area contributed by atoms with Gasteiger partial charge in [-0.3, -0.25) is 0 Å². The predicted octanol–water partition coefficient (Wildman–Crippen LogP) is 3.28. The molecule has 1 rings (SSSR count). The molecular weight excluding hydrogens is 248 g/mol. The van der Waals surface area contributed by atoms with Crippen LogP contribution in [0.15, 0.2) is 36.5 Å². The molecule has 0 saturated carbocycles. The van der Waals surface area contributed by atoms with Gasteiger partial charge in [-0.2, -0.15) is 8.78 Å². The summed E-state index contributed by atoms with van der Waals surface area (Å²) in [5.41, 5.74) is 0.547. The Morgan fingerprint density at radius 3 is 2.58 bits per heavy atom. The van der Waals surface area contributed by atoms with Crippen molar-refractivity contribution in [3.8, 4) is 0 Å². The summed E-state index contributed by atoms with van der Waals surface area (Å²) in [4.78, 5) is 1.85. The molecule has 1 atom stereocenters. The number of likely N-dealkylation sites (N-methyl/N-ethyl adjacent to an activating group) is 1. The standard InChI is InChI=1S/C15H23F2NO/c1-6-13(9-12(4)11(2)3)15(16,17)14-10-18(5)7-8-19-14/h6,9,11,14H,1,4,7-8,10H2,2-3,5H3/b13-9+. The maximum Gasteiger partial charge on any atom is 0.300 e. The summed E-state index contributed by atoms with van der Waals surface area (Å²) < 4.78 is 34.1. The average molecular weight is 271 g/mol. The number of hydrogen-bond donors (Lipinski definition) is 0. The number of morpholine rings is 1. The van der Waals surface area contributed by atoms with Crippen molar-refractivity contribution in [3.63, 3.8) is 0 Å². The van der Waals surface area contributed by atoms with E-state index >= 15 is 0 Å². The zero-order valence-electron chi connectivity index (χ0n) is 12.0. The van der Waals surface area contributed by atoms with Crippen molar-refractivity contribution >= 4 is 0 Å². The van der Waals surface area contributed by atoms with Crippen LogP contribution in [0.3, 0.4) is 0 Å². The highest BCUT2D eigenvalue weighted by Crippen LogP contribution is 2.33. The highest BCUT2D eigenvalue weighted by atomic mass is 19.3. The Morgan fingerprint density at radius 1 is 1.47 bits per heavy atom. The lowest BCUT2D eigenvalue weighted by Crippen LogP contribution is -2.50. The number of halogens is 2. The van der Waals surface area contributed by atoms with Crippen LogP contribution in [-0.4, -0.2) is 43.7 Å². The van der Waals surface area contributed by atoms with Crippen molar-refractivity contribution in [1.82, 2.24) is 4.90 Å². The molecule has 1 saturated heterocycles.